The second kappa shape index (κ2) is 14.2. The van der Waals surface area contributed by atoms with Crippen LogP contribution in [0, 0.1) is 0 Å². The number of hydrogen-bond acceptors (Lipinski definition) is 9. The standard InChI is InChI=1S/C17H31N5O9/c1-8(24)13(17(30)31)22-15(28)10(4-2-3-5-18)20-16(29)11(6-12(25)26)21-14(27)9(19)7-23/h8-11,13,23-24H,2-7,18-19H2,1H3,(H,20,29)(H,21,27)(H,22,28)(H,25,26)(H,30,31). The van der Waals surface area contributed by atoms with Gasteiger partial charge in [-0.1, -0.05) is 0 Å². The van der Waals surface area contributed by atoms with Crippen LogP contribution < -0.4 is 27.4 Å². The number of unbranched alkanes of at least 4 members (excludes halogenated alkanes) is 1. The molecule has 5 atom stereocenters. The molecule has 0 aromatic rings. The Hall–Kier alpha value is -2.81. The highest BCUT2D eigenvalue weighted by molar-refractivity contribution is 5.95. The summed E-state index contributed by atoms with van der Waals surface area (Å²) in [6, 6.07) is -5.94. The van der Waals surface area contributed by atoms with Crippen molar-refractivity contribution < 1.29 is 44.4 Å². The molecule has 3 amide bonds. The number of rotatable bonds is 15. The Morgan fingerprint density at radius 3 is 1.90 bits per heavy atom. The average molecular weight is 449 g/mol. The molecular formula is C17H31N5O9. The number of aliphatic carboxylic acids is 2. The molecule has 0 rings (SSSR count). The van der Waals surface area contributed by atoms with Crippen molar-refractivity contribution in [2.24, 2.45) is 11.5 Å². The molecule has 0 aliphatic rings. The Labute approximate surface area is 178 Å². The number of carboxylic acid groups (broad SMARTS) is 2. The van der Waals surface area contributed by atoms with Crippen LogP contribution in [0.1, 0.15) is 32.6 Å². The first kappa shape index (κ1) is 28.2. The van der Waals surface area contributed by atoms with Gasteiger partial charge in [0.05, 0.1) is 19.1 Å². The van der Waals surface area contributed by atoms with E-state index in [1.807, 2.05) is 0 Å². The van der Waals surface area contributed by atoms with Crippen LogP contribution in [-0.4, -0.2) is 93.5 Å². The molecule has 0 saturated heterocycles. The van der Waals surface area contributed by atoms with E-state index < -0.39 is 73.0 Å². The van der Waals surface area contributed by atoms with E-state index in [9.17, 15) is 29.1 Å². The van der Waals surface area contributed by atoms with Gasteiger partial charge in [-0.25, -0.2) is 4.79 Å². The van der Waals surface area contributed by atoms with Gasteiger partial charge in [0, 0.05) is 0 Å². The van der Waals surface area contributed by atoms with Crippen molar-refractivity contribution in [1.29, 1.82) is 0 Å². The second-order valence-corrected chi connectivity index (χ2v) is 6.86. The molecule has 0 heterocycles. The van der Waals surface area contributed by atoms with Crippen LogP contribution in [0.25, 0.3) is 0 Å². The van der Waals surface area contributed by atoms with Gasteiger partial charge >= 0.3 is 11.9 Å². The quantitative estimate of drug-likeness (QED) is 0.108. The first-order valence-electron chi connectivity index (χ1n) is 9.54. The molecule has 0 saturated carbocycles. The minimum Gasteiger partial charge on any atom is -0.481 e. The summed E-state index contributed by atoms with van der Waals surface area (Å²) in [4.78, 5) is 59.2. The SMILES string of the molecule is CC(O)C(NC(=O)C(CCCCN)NC(=O)C(CC(=O)O)NC(=O)C(N)CO)C(=O)O. The highest BCUT2D eigenvalue weighted by Crippen LogP contribution is 2.05. The topological polar surface area (TPSA) is 254 Å². The predicted molar refractivity (Wildman–Crippen MR) is 105 cm³/mol. The molecule has 14 heteroatoms. The molecule has 0 aliphatic carbocycles. The molecule has 14 nitrogen and oxygen atoms in total. The highest BCUT2D eigenvalue weighted by atomic mass is 16.4. The van der Waals surface area contributed by atoms with E-state index in [-0.39, 0.29) is 6.42 Å². The van der Waals surface area contributed by atoms with Gasteiger partial charge in [-0.3, -0.25) is 19.2 Å². The summed E-state index contributed by atoms with van der Waals surface area (Å²) in [5.74, 6) is -5.86. The molecule has 0 fully saturated rings. The van der Waals surface area contributed by atoms with Crippen LogP contribution in [0.4, 0.5) is 0 Å². The van der Waals surface area contributed by atoms with Crippen molar-refractivity contribution in [3.05, 3.63) is 0 Å². The number of aliphatic hydroxyl groups excluding tert-OH is 2. The number of amides is 3. The summed E-state index contributed by atoms with van der Waals surface area (Å²) < 4.78 is 0. The number of aliphatic hydroxyl groups is 2. The smallest absolute Gasteiger partial charge is 0.328 e. The average Bonchev–Trinajstić information content (AvgIpc) is 2.68. The predicted octanol–water partition coefficient (Wildman–Crippen LogP) is -4.17. The van der Waals surface area contributed by atoms with Gasteiger partial charge in [-0.05, 0) is 32.7 Å². The van der Waals surface area contributed by atoms with E-state index in [0.717, 1.165) is 6.92 Å². The van der Waals surface area contributed by atoms with E-state index in [1.54, 1.807) is 0 Å². The van der Waals surface area contributed by atoms with Crippen LogP contribution >= 0.6 is 0 Å². The molecule has 31 heavy (non-hydrogen) atoms. The summed E-state index contributed by atoms with van der Waals surface area (Å²) in [5, 5.41) is 43.0. The summed E-state index contributed by atoms with van der Waals surface area (Å²) in [6.45, 7) is 0.710. The zero-order chi connectivity index (χ0) is 24.1. The van der Waals surface area contributed by atoms with Crippen molar-refractivity contribution in [3.63, 3.8) is 0 Å². The largest absolute Gasteiger partial charge is 0.481 e. The number of carbonyl (C=O) groups excluding carboxylic acids is 3. The summed E-state index contributed by atoms with van der Waals surface area (Å²) in [7, 11) is 0. The summed E-state index contributed by atoms with van der Waals surface area (Å²) >= 11 is 0. The van der Waals surface area contributed by atoms with Crippen LogP contribution in [0.5, 0.6) is 0 Å². The van der Waals surface area contributed by atoms with Crippen molar-refractivity contribution in [1.82, 2.24) is 16.0 Å². The molecule has 0 spiro atoms. The zero-order valence-electron chi connectivity index (χ0n) is 17.1. The number of nitrogens with one attached hydrogen (secondary N) is 3. The van der Waals surface area contributed by atoms with Crippen LogP contribution in [0.15, 0.2) is 0 Å². The lowest BCUT2D eigenvalue weighted by Gasteiger charge is -2.25. The van der Waals surface area contributed by atoms with Crippen molar-refractivity contribution >= 4 is 29.7 Å². The molecule has 178 valence electrons. The van der Waals surface area contributed by atoms with Crippen molar-refractivity contribution in [3.8, 4) is 0 Å². The Balaban J connectivity index is 5.47. The Morgan fingerprint density at radius 1 is 0.903 bits per heavy atom. The normalized spacial score (nSPS) is 15.6. The van der Waals surface area contributed by atoms with Gasteiger partial charge in [0.25, 0.3) is 0 Å². The van der Waals surface area contributed by atoms with E-state index in [2.05, 4.69) is 16.0 Å². The van der Waals surface area contributed by atoms with Gasteiger partial charge in [0.1, 0.15) is 18.1 Å². The maximum atomic E-state index is 12.6. The lowest BCUT2D eigenvalue weighted by atomic mass is 10.1. The van der Waals surface area contributed by atoms with Gasteiger partial charge in [-0.15, -0.1) is 0 Å². The fourth-order valence-electron chi connectivity index (χ4n) is 2.42. The van der Waals surface area contributed by atoms with Crippen molar-refractivity contribution in [2.45, 2.75) is 62.9 Å². The lowest BCUT2D eigenvalue weighted by molar-refractivity contribution is -0.145. The number of hydrogen-bond donors (Lipinski definition) is 9. The maximum Gasteiger partial charge on any atom is 0.328 e. The van der Waals surface area contributed by atoms with E-state index >= 15 is 0 Å². The van der Waals surface area contributed by atoms with Crippen LogP contribution in [0.2, 0.25) is 0 Å². The second-order valence-electron chi connectivity index (χ2n) is 6.86. The van der Waals surface area contributed by atoms with Gasteiger partial charge < -0.3 is 47.8 Å². The summed E-state index contributed by atoms with van der Waals surface area (Å²) in [5.41, 5.74) is 10.7. The van der Waals surface area contributed by atoms with Crippen LogP contribution in [-0.2, 0) is 24.0 Å². The van der Waals surface area contributed by atoms with E-state index in [1.165, 1.54) is 0 Å². The van der Waals surface area contributed by atoms with Gasteiger partial charge in [-0.2, -0.15) is 0 Å². The van der Waals surface area contributed by atoms with Gasteiger partial charge in [0.15, 0.2) is 6.04 Å². The summed E-state index contributed by atoms with van der Waals surface area (Å²) in [6.07, 6.45) is -1.38. The molecule has 5 unspecified atom stereocenters. The lowest BCUT2D eigenvalue weighted by Crippen LogP contribution is -2.58. The number of carbonyl (C=O) groups is 5. The Kier molecular flexibility index (Phi) is 12.9. The third-order valence-corrected chi connectivity index (χ3v) is 4.17. The fourth-order valence-corrected chi connectivity index (χ4v) is 2.42. The van der Waals surface area contributed by atoms with Crippen molar-refractivity contribution in [2.75, 3.05) is 13.2 Å². The van der Waals surface area contributed by atoms with Crippen LogP contribution in [0.3, 0.4) is 0 Å². The molecule has 11 N–H and O–H groups in total. The minimum atomic E-state index is -1.64. The van der Waals surface area contributed by atoms with E-state index in [0.29, 0.717) is 19.4 Å². The maximum absolute atomic E-state index is 12.6. The molecule has 0 aromatic carbocycles. The highest BCUT2D eigenvalue weighted by Gasteiger charge is 2.32. The molecule has 0 bridgehead atoms. The van der Waals surface area contributed by atoms with E-state index in [4.69, 9.17) is 26.8 Å². The minimum absolute atomic E-state index is 0.0326. The Morgan fingerprint density at radius 2 is 1.45 bits per heavy atom. The molecule has 0 radical (unpaired) electrons. The zero-order valence-corrected chi connectivity index (χ0v) is 17.1. The third-order valence-electron chi connectivity index (χ3n) is 4.17. The molecular weight excluding hydrogens is 418 g/mol. The van der Waals surface area contributed by atoms with Gasteiger partial charge in [0.2, 0.25) is 17.7 Å². The number of nitrogens with two attached hydrogens (primary N) is 2. The molecule has 0 aromatic heterocycles. The third kappa shape index (κ3) is 10.7. The monoisotopic (exact) mass is 449 g/mol. The fraction of sp³-hybridized carbons (Fsp3) is 0.706. The Bertz CT molecular complexity index is 643. The number of carboxylic acids is 2. The molecule has 0 aliphatic heterocycles. The first-order chi connectivity index (χ1) is 14.4. The first-order valence-corrected chi connectivity index (χ1v) is 9.54.